The molecule has 0 spiro atoms. The number of amides is 3. The van der Waals surface area contributed by atoms with Crippen molar-refractivity contribution in [2.24, 2.45) is 0 Å². The minimum absolute atomic E-state index is 0.0332. The van der Waals surface area contributed by atoms with Gasteiger partial charge in [-0.15, -0.1) is 0 Å². The van der Waals surface area contributed by atoms with Gasteiger partial charge in [-0.25, -0.2) is 8.78 Å². The second-order valence-corrected chi connectivity index (χ2v) is 5.23. The highest BCUT2D eigenvalue weighted by Crippen LogP contribution is 2.31. The molecule has 1 fully saturated rings. The van der Waals surface area contributed by atoms with Crippen molar-refractivity contribution in [1.82, 2.24) is 10.2 Å². The third-order valence-electron chi connectivity index (χ3n) is 3.93. The lowest BCUT2D eigenvalue weighted by Gasteiger charge is -2.29. The Labute approximate surface area is 118 Å². The monoisotopic (exact) mass is 294 g/mol. The van der Waals surface area contributed by atoms with Gasteiger partial charge in [0, 0.05) is 18.5 Å². The number of piperidine rings is 1. The van der Waals surface area contributed by atoms with Crippen LogP contribution < -0.4 is 5.32 Å². The molecule has 1 saturated heterocycles. The van der Waals surface area contributed by atoms with Gasteiger partial charge in [0.2, 0.25) is 11.8 Å². The van der Waals surface area contributed by atoms with Crippen LogP contribution in [0.2, 0.25) is 0 Å². The number of carbonyl (C=O) groups is 3. The number of nitrogens with one attached hydrogen (secondary N) is 1. The van der Waals surface area contributed by atoms with E-state index >= 15 is 0 Å². The Balaban J connectivity index is 1.96. The van der Waals surface area contributed by atoms with Gasteiger partial charge in [-0.05, 0) is 25.0 Å². The van der Waals surface area contributed by atoms with E-state index in [1.54, 1.807) is 0 Å². The smallest absolute Gasteiger partial charge is 0.258 e. The molecule has 3 rings (SSSR count). The molecule has 0 bridgehead atoms. The maximum absolute atomic E-state index is 14.1. The topological polar surface area (TPSA) is 66.5 Å². The van der Waals surface area contributed by atoms with Crippen molar-refractivity contribution in [3.8, 4) is 0 Å². The van der Waals surface area contributed by atoms with E-state index in [4.69, 9.17) is 0 Å². The number of nitrogens with zero attached hydrogens (tertiary/aromatic N) is 1. The molecule has 0 aliphatic carbocycles. The van der Waals surface area contributed by atoms with Gasteiger partial charge in [0.1, 0.15) is 17.7 Å². The minimum Gasteiger partial charge on any atom is -0.322 e. The Morgan fingerprint density at radius 3 is 2.67 bits per heavy atom. The number of hydrogen-bond donors (Lipinski definition) is 1. The first kappa shape index (κ1) is 13.7. The van der Waals surface area contributed by atoms with Crippen LogP contribution in [0.15, 0.2) is 6.07 Å². The van der Waals surface area contributed by atoms with E-state index in [9.17, 15) is 23.2 Å². The number of carbonyl (C=O) groups excluding carboxylic acids is 3. The van der Waals surface area contributed by atoms with Crippen LogP contribution in [-0.2, 0) is 16.1 Å². The maximum Gasteiger partial charge on any atom is 0.258 e. The number of benzene rings is 1. The molecule has 1 N–H and O–H groups in total. The Morgan fingerprint density at radius 1 is 1.29 bits per heavy atom. The molecule has 7 heteroatoms. The summed E-state index contributed by atoms with van der Waals surface area (Å²) >= 11 is 0. The Kier molecular flexibility index (Phi) is 3.00. The fourth-order valence-electron chi connectivity index (χ4n) is 2.75. The summed E-state index contributed by atoms with van der Waals surface area (Å²) in [6.07, 6.45) is 0.305. The van der Waals surface area contributed by atoms with E-state index in [0.717, 1.165) is 6.07 Å². The first-order valence-corrected chi connectivity index (χ1v) is 6.52. The standard InChI is InChI=1S/C14H12F2N2O3/c1-6-8(15)4-7-5-18(14(21)11(7)12(6)16)9-2-3-10(19)17-13(9)20/h4,9H,2-3,5H2,1H3,(H,17,19,20)/t9-/m1/s1. The lowest BCUT2D eigenvalue weighted by Crippen LogP contribution is -2.52. The average molecular weight is 294 g/mol. The molecule has 5 nitrogen and oxygen atoms in total. The van der Waals surface area contributed by atoms with E-state index in [1.165, 1.54) is 11.8 Å². The van der Waals surface area contributed by atoms with Crippen LogP contribution >= 0.6 is 0 Å². The largest absolute Gasteiger partial charge is 0.322 e. The summed E-state index contributed by atoms with van der Waals surface area (Å²) in [6.45, 7) is 1.22. The number of halogens is 2. The van der Waals surface area contributed by atoms with Crippen molar-refractivity contribution >= 4 is 17.7 Å². The van der Waals surface area contributed by atoms with Crippen molar-refractivity contribution < 1.29 is 23.2 Å². The highest BCUT2D eigenvalue weighted by atomic mass is 19.1. The summed E-state index contributed by atoms with van der Waals surface area (Å²) in [5.41, 5.74) is -0.170. The second-order valence-electron chi connectivity index (χ2n) is 5.23. The SMILES string of the molecule is Cc1c(F)cc2c(c1F)C(=O)N([C@@H]1CCC(=O)NC1=O)C2. The van der Waals surface area contributed by atoms with Crippen LogP contribution in [0.5, 0.6) is 0 Å². The van der Waals surface area contributed by atoms with E-state index in [1.807, 2.05) is 0 Å². The summed E-state index contributed by atoms with van der Waals surface area (Å²) in [6, 6.07) is 0.294. The van der Waals surface area contributed by atoms with Crippen LogP contribution in [-0.4, -0.2) is 28.7 Å². The van der Waals surface area contributed by atoms with Crippen molar-refractivity contribution in [2.45, 2.75) is 32.4 Å². The molecular formula is C14H12F2N2O3. The minimum atomic E-state index is -0.884. The molecular weight excluding hydrogens is 282 g/mol. The van der Waals surface area contributed by atoms with E-state index in [0.29, 0.717) is 0 Å². The molecule has 3 amide bonds. The number of rotatable bonds is 1. The quantitative estimate of drug-likeness (QED) is 0.787. The summed E-state index contributed by atoms with van der Waals surface area (Å²) in [5.74, 6) is -3.22. The number of imide groups is 1. The van der Waals surface area contributed by atoms with Gasteiger partial charge in [0.15, 0.2) is 0 Å². The molecule has 2 aliphatic rings. The van der Waals surface area contributed by atoms with Gasteiger partial charge in [-0.1, -0.05) is 0 Å². The molecule has 21 heavy (non-hydrogen) atoms. The number of hydrogen-bond acceptors (Lipinski definition) is 3. The van der Waals surface area contributed by atoms with Crippen molar-refractivity contribution in [3.63, 3.8) is 0 Å². The van der Waals surface area contributed by atoms with Gasteiger partial charge in [-0.3, -0.25) is 19.7 Å². The zero-order valence-electron chi connectivity index (χ0n) is 11.2. The fourth-order valence-corrected chi connectivity index (χ4v) is 2.75. The zero-order valence-corrected chi connectivity index (χ0v) is 11.2. The lowest BCUT2D eigenvalue weighted by atomic mass is 10.0. The molecule has 1 atom stereocenters. The molecule has 0 saturated carbocycles. The van der Waals surface area contributed by atoms with Crippen LogP contribution in [0.1, 0.15) is 34.3 Å². The third kappa shape index (κ3) is 2.00. The molecule has 0 unspecified atom stereocenters. The molecule has 0 radical (unpaired) electrons. The Bertz CT molecular complexity index is 687. The van der Waals surface area contributed by atoms with Gasteiger partial charge in [0.25, 0.3) is 5.91 Å². The summed E-state index contributed by atoms with van der Waals surface area (Å²) in [4.78, 5) is 36.4. The predicted octanol–water partition coefficient (Wildman–Crippen LogP) is 1.03. The van der Waals surface area contributed by atoms with Crippen LogP contribution in [0.4, 0.5) is 8.78 Å². The van der Waals surface area contributed by atoms with Gasteiger partial charge >= 0.3 is 0 Å². The normalized spacial score (nSPS) is 21.6. The second kappa shape index (κ2) is 4.61. The van der Waals surface area contributed by atoms with E-state index < -0.39 is 35.4 Å². The van der Waals surface area contributed by atoms with Crippen LogP contribution in [0.25, 0.3) is 0 Å². The summed E-state index contributed by atoms with van der Waals surface area (Å²) in [7, 11) is 0. The highest BCUT2D eigenvalue weighted by molar-refractivity contribution is 6.05. The van der Waals surface area contributed by atoms with E-state index in [2.05, 4.69) is 5.32 Å². The molecule has 110 valence electrons. The number of fused-ring (bicyclic) bond motifs is 1. The Morgan fingerprint density at radius 2 is 2.00 bits per heavy atom. The summed E-state index contributed by atoms with van der Waals surface area (Å²) in [5, 5.41) is 2.15. The first-order valence-electron chi connectivity index (χ1n) is 6.52. The lowest BCUT2D eigenvalue weighted by molar-refractivity contribution is -0.136. The zero-order chi connectivity index (χ0) is 15.3. The van der Waals surface area contributed by atoms with Gasteiger partial charge in [0.05, 0.1) is 5.56 Å². The van der Waals surface area contributed by atoms with Crippen molar-refractivity contribution in [2.75, 3.05) is 0 Å². The molecule has 0 aromatic heterocycles. The third-order valence-corrected chi connectivity index (χ3v) is 3.93. The molecule has 1 aromatic rings. The molecule has 2 aliphatic heterocycles. The Hall–Kier alpha value is -2.31. The van der Waals surface area contributed by atoms with Crippen molar-refractivity contribution in [1.29, 1.82) is 0 Å². The van der Waals surface area contributed by atoms with Gasteiger partial charge < -0.3 is 4.90 Å². The fraction of sp³-hybridized carbons (Fsp3) is 0.357. The molecule has 1 aromatic carbocycles. The predicted molar refractivity (Wildman–Crippen MR) is 67.1 cm³/mol. The maximum atomic E-state index is 14.1. The van der Waals surface area contributed by atoms with Gasteiger partial charge in [-0.2, -0.15) is 0 Å². The average Bonchev–Trinajstić information content (AvgIpc) is 2.73. The van der Waals surface area contributed by atoms with E-state index in [-0.39, 0.29) is 36.1 Å². The summed E-state index contributed by atoms with van der Waals surface area (Å²) < 4.78 is 27.6. The molecule has 2 heterocycles. The first-order chi connectivity index (χ1) is 9.90. The van der Waals surface area contributed by atoms with Crippen LogP contribution in [0, 0.1) is 18.6 Å². The van der Waals surface area contributed by atoms with Crippen molar-refractivity contribution in [3.05, 3.63) is 34.4 Å². The van der Waals surface area contributed by atoms with Crippen LogP contribution in [0.3, 0.4) is 0 Å². The highest BCUT2D eigenvalue weighted by Gasteiger charge is 2.41.